The topological polar surface area (TPSA) is 79.7 Å². The van der Waals surface area contributed by atoms with Crippen molar-refractivity contribution >= 4 is 46.3 Å². The largest absolute Gasteiger partial charge is 0.507 e. The van der Waals surface area contributed by atoms with Gasteiger partial charge in [-0.25, -0.2) is 0 Å². The van der Waals surface area contributed by atoms with E-state index in [9.17, 15) is 14.7 Å². The lowest BCUT2D eigenvalue weighted by molar-refractivity contribution is -0.132. The van der Waals surface area contributed by atoms with Crippen LogP contribution in [0.15, 0.2) is 72.6 Å². The van der Waals surface area contributed by atoms with Gasteiger partial charge < -0.3 is 9.84 Å². The number of halogens is 2. The van der Waals surface area contributed by atoms with Crippen LogP contribution in [0.1, 0.15) is 24.1 Å². The quantitative estimate of drug-likeness (QED) is 0.307. The first kappa shape index (κ1) is 21.9. The molecule has 1 atom stereocenters. The van der Waals surface area contributed by atoms with Crippen molar-refractivity contribution in [3.63, 3.8) is 0 Å². The molecular weight excluding hydrogens is 451 g/mol. The molecule has 1 amide bonds. The van der Waals surface area contributed by atoms with Gasteiger partial charge in [0.05, 0.1) is 28.3 Å². The summed E-state index contributed by atoms with van der Waals surface area (Å²) in [4.78, 5) is 31.7. The minimum absolute atomic E-state index is 0.0543. The van der Waals surface area contributed by atoms with Gasteiger partial charge in [-0.2, -0.15) is 0 Å². The monoisotopic (exact) mass is 468 g/mol. The van der Waals surface area contributed by atoms with E-state index in [4.69, 9.17) is 27.9 Å². The molecule has 1 unspecified atom stereocenters. The molecule has 8 heteroatoms. The van der Waals surface area contributed by atoms with Gasteiger partial charge in [0.15, 0.2) is 0 Å². The molecule has 0 aliphatic carbocycles. The van der Waals surface area contributed by atoms with E-state index in [2.05, 4.69) is 4.98 Å². The van der Waals surface area contributed by atoms with E-state index in [-0.39, 0.29) is 21.9 Å². The smallest absolute Gasteiger partial charge is 0.300 e. The van der Waals surface area contributed by atoms with Crippen LogP contribution in [0.3, 0.4) is 0 Å². The van der Waals surface area contributed by atoms with E-state index in [1.165, 1.54) is 23.1 Å². The van der Waals surface area contributed by atoms with Crippen molar-refractivity contribution in [2.75, 3.05) is 11.5 Å². The van der Waals surface area contributed by atoms with Crippen LogP contribution in [-0.2, 0) is 9.59 Å². The first-order valence-electron chi connectivity index (χ1n) is 9.81. The maximum atomic E-state index is 13.2. The Morgan fingerprint density at radius 2 is 1.81 bits per heavy atom. The lowest BCUT2D eigenvalue weighted by Gasteiger charge is -2.25. The number of ketones is 1. The Morgan fingerprint density at radius 3 is 2.50 bits per heavy atom. The summed E-state index contributed by atoms with van der Waals surface area (Å²) in [5.41, 5.74) is 1.30. The van der Waals surface area contributed by atoms with E-state index in [1.807, 2.05) is 6.92 Å². The lowest BCUT2D eigenvalue weighted by Crippen LogP contribution is -2.29. The number of benzene rings is 2. The molecule has 3 aromatic rings. The van der Waals surface area contributed by atoms with Gasteiger partial charge in [-0.15, -0.1) is 0 Å². The minimum atomic E-state index is -0.871. The van der Waals surface area contributed by atoms with Crippen LogP contribution in [0.25, 0.3) is 5.76 Å². The maximum absolute atomic E-state index is 13.2. The van der Waals surface area contributed by atoms with Gasteiger partial charge in [-0.1, -0.05) is 29.3 Å². The van der Waals surface area contributed by atoms with Gasteiger partial charge in [-0.05, 0) is 55.0 Å². The van der Waals surface area contributed by atoms with Crippen molar-refractivity contribution in [2.45, 2.75) is 13.0 Å². The Labute approximate surface area is 194 Å². The fourth-order valence-electron chi connectivity index (χ4n) is 3.65. The number of aromatic nitrogens is 1. The molecule has 0 radical (unpaired) electrons. The molecule has 0 spiro atoms. The Morgan fingerprint density at radius 1 is 1.06 bits per heavy atom. The number of Topliss-reactive ketones (excluding diaryl/α,β-unsaturated/α-hetero) is 1. The summed E-state index contributed by atoms with van der Waals surface area (Å²) in [7, 11) is 0. The number of carbonyl (C=O) groups excluding carboxylic acids is 2. The number of carbonyl (C=O) groups is 2. The van der Waals surface area contributed by atoms with Crippen LogP contribution >= 0.6 is 23.2 Å². The first-order chi connectivity index (χ1) is 15.4. The average molecular weight is 469 g/mol. The predicted molar refractivity (Wildman–Crippen MR) is 123 cm³/mol. The van der Waals surface area contributed by atoms with Crippen LogP contribution in [-0.4, -0.2) is 28.4 Å². The summed E-state index contributed by atoms with van der Waals surface area (Å²) in [6.07, 6.45) is 3.12. The molecule has 1 saturated heterocycles. The van der Waals surface area contributed by atoms with Gasteiger partial charge in [0.1, 0.15) is 11.5 Å². The highest BCUT2D eigenvalue weighted by Gasteiger charge is 2.47. The summed E-state index contributed by atoms with van der Waals surface area (Å²) in [6, 6.07) is 13.9. The van der Waals surface area contributed by atoms with Crippen LogP contribution in [0.5, 0.6) is 5.75 Å². The van der Waals surface area contributed by atoms with Crippen molar-refractivity contribution in [3.05, 3.63) is 93.7 Å². The van der Waals surface area contributed by atoms with Crippen molar-refractivity contribution in [1.29, 1.82) is 0 Å². The van der Waals surface area contributed by atoms with Crippen molar-refractivity contribution < 1.29 is 19.4 Å². The number of aliphatic hydroxyl groups excluding tert-OH is 1. The fourth-order valence-corrected chi connectivity index (χ4v) is 3.95. The molecule has 0 bridgehead atoms. The van der Waals surface area contributed by atoms with E-state index in [1.54, 1.807) is 48.8 Å². The second-order valence-corrected chi connectivity index (χ2v) is 7.82. The van der Waals surface area contributed by atoms with Crippen molar-refractivity contribution in [1.82, 2.24) is 4.98 Å². The number of amides is 1. The third kappa shape index (κ3) is 3.95. The predicted octanol–water partition coefficient (Wildman–Crippen LogP) is 5.41. The Kier molecular flexibility index (Phi) is 6.17. The first-order valence-corrected chi connectivity index (χ1v) is 10.6. The summed E-state index contributed by atoms with van der Waals surface area (Å²) in [6.45, 7) is 2.31. The summed E-state index contributed by atoms with van der Waals surface area (Å²) < 4.78 is 5.56. The average Bonchev–Trinajstić information content (AvgIpc) is 3.07. The zero-order valence-electron chi connectivity index (χ0n) is 17.0. The summed E-state index contributed by atoms with van der Waals surface area (Å²) in [5.74, 6) is -1.35. The number of hydrogen-bond donors (Lipinski definition) is 1. The molecule has 162 valence electrons. The Hall–Kier alpha value is -3.35. The third-order valence-electron chi connectivity index (χ3n) is 5.07. The number of aliphatic hydroxyl groups is 1. The number of ether oxygens (including phenoxy) is 1. The molecule has 0 saturated carbocycles. The van der Waals surface area contributed by atoms with Gasteiger partial charge in [0, 0.05) is 29.7 Å². The molecule has 1 N–H and O–H groups in total. The number of anilines is 1. The fraction of sp³-hybridized carbons (Fsp3) is 0.125. The molecule has 2 heterocycles. The molecule has 1 aliphatic rings. The lowest BCUT2D eigenvalue weighted by atomic mass is 9.96. The maximum Gasteiger partial charge on any atom is 0.300 e. The third-order valence-corrected chi connectivity index (χ3v) is 5.81. The molecular formula is C24H18Cl2N2O4. The van der Waals surface area contributed by atoms with E-state index >= 15 is 0 Å². The molecule has 1 aliphatic heterocycles. The molecule has 1 aromatic heterocycles. The van der Waals surface area contributed by atoms with Gasteiger partial charge in [-0.3, -0.25) is 19.5 Å². The second kappa shape index (κ2) is 9.02. The summed E-state index contributed by atoms with van der Waals surface area (Å²) >= 11 is 12.1. The number of hydrogen-bond acceptors (Lipinski definition) is 5. The highest BCUT2D eigenvalue weighted by atomic mass is 35.5. The molecule has 6 nitrogen and oxygen atoms in total. The SMILES string of the molecule is CCOc1cccc(N2C(=O)C(=O)/C(=C(/O)c3ccc(Cl)c(Cl)c3)C2c2ccncc2)c1. The van der Waals surface area contributed by atoms with E-state index in [0.29, 0.717) is 28.6 Å². The molecule has 1 fully saturated rings. The molecule has 4 rings (SSSR count). The number of pyridine rings is 1. The number of rotatable bonds is 5. The normalized spacial score (nSPS) is 17.6. The van der Waals surface area contributed by atoms with Crippen LogP contribution in [0, 0.1) is 0 Å². The van der Waals surface area contributed by atoms with Gasteiger partial charge in [0.2, 0.25) is 0 Å². The molecule has 32 heavy (non-hydrogen) atoms. The zero-order valence-corrected chi connectivity index (χ0v) is 18.5. The van der Waals surface area contributed by atoms with E-state index < -0.39 is 17.7 Å². The second-order valence-electron chi connectivity index (χ2n) is 7.01. The highest BCUT2D eigenvalue weighted by molar-refractivity contribution is 6.51. The van der Waals surface area contributed by atoms with Crippen LogP contribution in [0.4, 0.5) is 5.69 Å². The van der Waals surface area contributed by atoms with Crippen LogP contribution in [0.2, 0.25) is 10.0 Å². The Balaban J connectivity index is 1.92. The standard InChI is InChI=1S/C24H18Cl2N2O4/c1-2-32-17-5-3-4-16(13-17)28-21(14-8-10-27-11-9-14)20(23(30)24(28)31)22(29)15-6-7-18(25)19(26)12-15/h3-13,21,29H,2H2,1H3/b22-20+. The van der Waals surface area contributed by atoms with Gasteiger partial charge >= 0.3 is 0 Å². The minimum Gasteiger partial charge on any atom is -0.507 e. The van der Waals surface area contributed by atoms with Gasteiger partial charge in [0.25, 0.3) is 11.7 Å². The highest BCUT2D eigenvalue weighted by Crippen LogP contribution is 2.43. The zero-order chi connectivity index (χ0) is 22.8. The van der Waals surface area contributed by atoms with Crippen molar-refractivity contribution in [3.8, 4) is 5.75 Å². The molecule has 2 aromatic carbocycles. The Bertz CT molecular complexity index is 1230. The van der Waals surface area contributed by atoms with Crippen molar-refractivity contribution in [2.24, 2.45) is 0 Å². The summed E-state index contributed by atoms with van der Waals surface area (Å²) in [5, 5.41) is 11.6. The number of nitrogens with zero attached hydrogens (tertiary/aromatic N) is 2. The van der Waals surface area contributed by atoms with Crippen LogP contribution < -0.4 is 9.64 Å². The van der Waals surface area contributed by atoms with E-state index in [0.717, 1.165) is 0 Å².